The monoisotopic (exact) mass is 421 g/mol. The van der Waals surface area contributed by atoms with Gasteiger partial charge in [0.25, 0.3) is 5.91 Å². The molecule has 4 nitrogen and oxygen atoms in total. The Hall–Kier alpha value is -1.83. The number of amides is 1. The minimum absolute atomic E-state index is 0.0199. The standard InChI is InChI=1S/C17H12BrNO3S2/c1-22-13-8-10(7-12(18)15(13)20)9-14-16(21)19(17(23)24-14)11-5-3-2-4-6-11/h2-9,20H,1H3/b14-9+. The van der Waals surface area contributed by atoms with E-state index < -0.39 is 0 Å². The summed E-state index contributed by atoms with van der Waals surface area (Å²) in [6.45, 7) is 0. The van der Waals surface area contributed by atoms with Gasteiger partial charge in [-0.1, -0.05) is 42.2 Å². The summed E-state index contributed by atoms with van der Waals surface area (Å²) in [5.74, 6) is 0.181. The van der Waals surface area contributed by atoms with Gasteiger partial charge in [-0.05, 0) is 51.8 Å². The lowest BCUT2D eigenvalue weighted by molar-refractivity contribution is -0.113. The van der Waals surface area contributed by atoms with Gasteiger partial charge in [0.1, 0.15) is 0 Å². The summed E-state index contributed by atoms with van der Waals surface area (Å²) >= 11 is 9.86. The summed E-state index contributed by atoms with van der Waals surface area (Å²) in [5, 5.41) is 9.87. The molecule has 0 atom stereocenters. The molecule has 1 N–H and O–H groups in total. The second-order valence-electron chi connectivity index (χ2n) is 4.91. The van der Waals surface area contributed by atoms with Crippen molar-refractivity contribution in [3.63, 3.8) is 0 Å². The van der Waals surface area contributed by atoms with Gasteiger partial charge < -0.3 is 9.84 Å². The van der Waals surface area contributed by atoms with E-state index >= 15 is 0 Å². The molecule has 0 spiro atoms. The van der Waals surface area contributed by atoms with E-state index in [4.69, 9.17) is 17.0 Å². The van der Waals surface area contributed by atoms with E-state index in [1.807, 2.05) is 30.3 Å². The maximum absolute atomic E-state index is 12.7. The highest BCUT2D eigenvalue weighted by atomic mass is 79.9. The average Bonchev–Trinajstić information content (AvgIpc) is 2.85. The smallest absolute Gasteiger partial charge is 0.270 e. The Morgan fingerprint density at radius 2 is 2.00 bits per heavy atom. The molecular formula is C17H12BrNO3S2. The van der Waals surface area contributed by atoms with Crippen LogP contribution in [0.1, 0.15) is 5.56 Å². The molecule has 2 aromatic rings. The Balaban J connectivity index is 1.97. The van der Waals surface area contributed by atoms with E-state index in [1.54, 1.807) is 18.2 Å². The van der Waals surface area contributed by atoms with E-state index in [0.29, 0.717) is 19.4 Å². The van der Waals surface area contributed by atoms with Gasteiger partial charge in [0.15, 0.2) is 15.8 Å². The van der Waals surface area contributed by atoms with Gasteiger partial charge in [-0.25, -0.2) is 0 Å². The minimum Gasteiger partial charge on any atom is -0.503 e. The van der Waals surface area contributed by atoms with Crippen molar-refractivity contribution in [2.75, 3.05) is 12.0 Å². The third kappa shape index (κ3) is 3.19. The fourth-order valence-electron chi connectivity index (χ4n) is 2.25. The molecule has 1 aliphatic rings. The number of methoxy groups -OCH3 is 1. The number of hydrogen-bond acceptors (Lipinski definition) is 5. The lowest BCUT2D eigenvalue weighted by atomic mass is 10.2. The predicted octanol–water partition coefficient (Wildman–Crippen LogP) is 4.57. The zero-order chi connectivity index (χ0) is 17.3. The molecule has 2 aromatic carbocycles. The van der Waals surface area contributed by atoms with Gasteiger partial charge in [-0.15, -0.1) is 0 Å². The highest BCUT2D eigenvalue weighted by molar-refractivity contribution is 9.10. The second-order valence-corrected chi connectivity index (χ2v) is 7.44. The van der Waals surface area contributed by atoms with Gasteiger partial charge in [0, 0.05) is 0 Å². The first-order valence-corrected chi connectivity index (χ1v) is 8.92. The van der Waals surface area contributed by atoms with Crippen LogP contribution < -0.4 is 9.64 Å². The Labute approximate surface area is 157 Å². The molecule has 1 saturated heterocycles. The number of phenolic OH excluding ortho intramolecular Hbond substituents is 1. The highest BCUT2D eigenvalue weighted by Gasteiger charge is 2.33. The summed E-state index contributed by atoms with van der Waals surface area (Å²) < 4.78 is 6.11. The number of anilines is 1. The number of halogens is 1. The second kappa shape index (κ2) is 6.96. The summed E-state index contributed by atoms with van der Waals surface area (Å²) in [7, 11) is 1.47. The lowest BCUT2D eigenvalue weighted by Crippen LogP contribution is -2.27. The molecule has 0 aliphatic carbocycles. The van der Waals surface area contributed by atoms with Crippen molar-refractivity contribution in [3.8, 4) is 11.5 Å². The molecule has 1 aliphatic heterocycles. The molecule has 1 heterocycles. The molecule has 0 bridgehead atoms. The number of thioether (sulfide) groups is 1. The van der Waals surface area contributed by atoms with Gasteiger partial charge >= 0.3 is 0 Å². The van der Waals surface area contributed by atoms with Crippen LogP contribution in [-0.4, -0.2) is 22.4 Å². The van der Waals surface area contributed by atoms with Crippen LogP contribution in [0.25, 0.3) is 6.08 Å². The zero-order valence-corrected chi connectivity index (χ0v) is 15.7. The summed E-state index contributed by atoms with van der Waals surface area (Å²) in [6.07, 6.45) is 1.73. The van der Waals surface area contributed by atoms with Crippen LogP contribution in [0.2, 0.25) is 0 Å². The van der Waals surface area contributed by atoms with E-state index in [1.165, 1.54) is 23.8 Å². The Morgan fingerprint density at radius 1 is 1.29 bits per heavy atom. The van der Waals surface area contributed by atoms with Crippen LogP contribution in [0.15, 0.2) is 51.8 Å². The molecule has 0 radical (unpaired) electrons. The molecule has 0 aromatic heterocycles. The maximum Gasteiger partial charge on any atom is 0.270 e. The molecule has 7 heteroatoms. The largest absolute Gasteiger partial charge is 0.503 e. The number of thiocarbonyl (C=S) groups is 1. The van der Waals surface area contributed by atoms with Crippen molar-refractivity contribution >= 4 is 61.9 Å². The zero-order valence-electron chi connectivity index (χ0n) is 12.5. The first-order chi connectivity index (χ1) is 11.5. The van der Waals surface area contributed by atoms with Crippen LogP contribution in [0.5, 0.6) is 11.5 Å². The van der Waals surface area contributed by atoms with Gasteiger partial charge in [0.2, 0.25) is 0 Å². The number of carbonyl (C=O) groups is 1. The van der Waals surface area contributed by atoms with Crippen molar-refractivity contribution in [3.05, 3.63) is 57.4 Å². The first-order valence-electron chi connectivity index (χ1n) is 6.91. The Morgan fingerprint density at radius 3 is 2.67 bits per heavy atom. The fourth-order valence-corrected chi connectivity index (χ4v) is 4.01. The number of aromatic hydroxyl groups is 1. The molecule has 122 valence electrons. The first kappa shape index (κ1) is 17.0. The SMILES string of the molecule is COc1cc(/C=C2/SC(=S)N(c3ccccc3)C2=O)cc(Br)c1O. The van der Waals surface area contributed by atoms with Gasteiger partial charge in [-0.2, -0.15) is 0 Å². The summed E-state index contributed by atoms with van der Waals surface area (Å²) in [4.78, 5) is 14.7. The average molecular weight is 422 g/mol. The molecule has 3 rings (SSSR count). The molecule has 24 heavy (non-hydrogen) atoms. The van der Waals surface area contributed by atoms with E-state index in [-0.39, 0.29) is 11.7 Å². The fraction of sp³-hybridized carbons (Fsp3) is 0.0588. The maximum atomic E-state index is 12.7. The Bertz CT molecular complexity index is 852. The van der Waals surface area contributed by atoms with Crippen LogP contribution in [0.3, 0.4) is 0 Å². The minimum atomic E-state index is -0.167. The van der Waals surface area contributed by atoms with Gasteiger partial charge in [-0.3, -0.25) is 9.69 Å². The third-order valence-electron chi connectivity index (χ3n) is 3.38. The third-order valence-corrected chi connectivity index (χ3v) is 5.28. The molecular weight excluding hydrogens is 410 g/mol. The van der Waals surface area contributed by atoms with E-state index in [2.05, 4.69) is 15.9 Å². The predicted molar refractivity (Wildman–Crippen MR) is 104 cm³/mol. The number of phenols is 1. The number of benzene rings is 2. The number of rotatable bonds is 3. The normalized spacial score (nSPS) is 16.1. The summed E-state index contributed by atoms with van der Waals surface area (Å²) in [6, 6.07) is 12.7. The number of para-hydroxylation sites is 1. The van der Waals surface area contributed by atoms with Crippen molar-refractivity contribution in [2.45, 2.75) is 0 Å². The number of ether oxygens (including phenoxy) is 1. The summed E-state index contributed by atoms with van der Waals surface area (Å²) in [5.41, 5.74) is 1.47. The molecule has 0 unspecified atom stereocenters. The highest BCUT2D eigenvalue weighted by Crippen LogP contribution is 2.39. The van der Waals surface area contributed by atoms with E-state index in [0.717, 1.165) is 11.3 Å². The lowest BCUT2D eigenvalue weighted by Gasteiger charge is -2.13. The molecule has 1 fully saturated rings. The quantitative estimate of drug-likeness (QED) is 0.580. The molecule has 0 saturated carbocycles. The van der Waals surface area contributed by atoms with Crippen LogP contribution in [0.4, 0.5) is 5.69 Å². The van der Waals surface area contributed by atoms with Crippen LogP contribution >= 0.6 is 39.9 Å². The van der Waals surface area contributed by atoms with Crippen molar-refractivity contribution < 1.29 is 14.6 Å². The van der Waals surface area contributed by atoms with Crippen molar-refractivity contribution in [2.24, 2.45) is 0 Å². The van der Waals surface area contributed by atoms with Crippen molar-refractivity contribution in [1.29, 1.82) is 0 Å². The van der Waals surface area contributed by atoms with Crippen LogP contribution in [0, 0.1) is 0 Å². The van der Waals surface area contributed by atoms with E-state index in [9.17, 15) is 9.90 Å². The number of carbonyl (C=O) groups excluding carboxylic acids is 1. The van der Waals surface area contributed by atoms with Crippen LogP contribution in [-0.2, 0) is 4.79 Å². The van der Waals surface area contributed by atoms with Crippen molar-refractivity contribution in [1.82, 2.24) is 0 Å². The molecule has 1 amide bonds. The van der Waals surface area contributed by atoms with Gasteiger partial charge in [0.05, 0.1) is 22.2 Å². The number of nitrogens with zero attached hydrogens (tertiary/aromatic N) is 1. The Kier molecular flexibility index (Phi) is 4.93. The topological polar surface area (TPSA) is 49.8 Å². The number of hydrogen-bond donors (Lipinski definition) is 1.